The van der Waals surface area contributed by atoms with Crippen molar-refractivity contribution < 1.29 is 8.42 Å². The lowest BCUT2D eigenvalue weighted by atomic mass is 10.3. The third-order valence-corrected chi connectivity index (χ3v) is 4.86. The molecule has 0 aliphatic heterocycles. The molecule has 2 N–H and O–H groups in total. The van der Waals surface area contributed by atoms with Crippen LogP contribution in [0.3, 0.4) is 0 Å². The highest BCUT2D eigenvalue weighted by Crippen LogP contribution is 2.26. The van der Waals surface area contributed by atoms with Crippen molar-refractivity contribution in [1.82, 2.24) is 5.32 Å². The van der Waals surface area contributed by atoms with E-state index >= 15 is 0 Å². The quantitative estimate of drug-likeness (QED) is 0.757. The van der Waals surface area contributed by atoms with Gasteiger partial charge in [0.1, 0.15) is 0 Å². The average Bonchev–Trinajstić information content (AvgIpc) is 2.33. The van der Waals surface area contributed by atoms with Gasteiger partial charge in [0.25, 0.3) is 0 Å². The van der Waals surface area contributed by atoms with Gasteiger partial charge in [-0.2, -0.15) is 0 Å². The molecule has 0 saturated carbocycles. The summed E-state index contributed by atoms with van der Waals surface area (Å²) in [5, 5.41) is 3.26. The lowest BCUT2D eigenvalue weighted by Crippen LogP contribution is -2.35. The first kappa shape index (κ1) is 16.6. The van der Waals surface area contributed by atoms with Crippen molar-refractivity contribution >= 4 is 38.9 Å². The van der Waals surface area contributed by atoms with Gasteiger partial charge in [-0.25, -0.2) is 8.42 Å². The first-order chi connectivity index (χ1) is 8.86. The zero-order valence-electron chi connectivity index (χ0n) is 10.9. The molecule has 108 valence electrons. The highest BCUT2D eigenvalue weighted by atomic mass is 35.5. The molecule has 0 fully saturated rings. The van der Waals surface area contributed by atoms with Crippen LogP contribution in [-0.2, 0) is 10.0 Å². The molecule has 0 spiro atoms. The summed E-state index contributed by atoms with van der Waals surface area (Å²) in [4.78, 5) is 0. The average molecular weight is 325 g/mol. The zero-order valence-corrected chi connectivity index (χ0v) is 13.2. The molecule has 0 heterocycles. The fourth-order valence-corrected chi connectivity index (χ4v) is 2.83. The van der Waals surface area contributed by atoms with Crippen LogP contribution in [-0.4, -0.2) is 26.8 Å². The van der Waals surface area contributed by atoms with Crippen molar-refractivity contribution in [2.45, 2.75) is 25.5 Å². The van der Waals surface area contributed by atoms with Crippen molar-refractivity contribution in [3.05, 3.63) is 28.2 Å². The molecule has 1 atom stereocenters. The normalized spacial score (nSPS) is 13.3. The molecule has 0 aromatic heterocycles. The molecule has 1 aromatic rings. The Hall–Kier alpha value is -0.490. The monoisotopic (exact) mass is 324 g/mol. The number of benzene rings is 1. The fraction of sp³-hybridized carbons (Fsp3) is 0.500. The molecular weight excluding hydrogens is 307 g/mol. The number of halogens is 2. The van der Waals surface area contributed by atoms with Crippen LogP contribution in [0.2, 0.25) is 10.0 Å². The Labute approximate surface area is 124 Å². The number of hydrogen-bond donors (Lipinski definition) is 2. The first-order valence-electron chi connectivity index (χ1n) is 6.04. The van der Waals surface area contributed by atoms with Gasteiger partial charge >= 0.3 is 0 Å². The molecule has 1 aromatic carbocycles. The Morgan fingerprint density at radius 3 is 2.63 bits per heavy atom. The number of hydrogen-bond acceptors (Lipinski definition) is 3. The third-order valence-electron chi connectivity index (χ3n) is 2.57. The van der Waals surface area contributed by atoms with Crippen LogP contribution in [0.15, 0.2) is 18.2 Å². The molecule has 0 aliphatic rings. The largest absolute Gasteiger partial charge is 0.315 e. The second-order valence-electron chi connectivity index (χ2n) is 4.29. The Morgan fingerprint density at radius 1 is 1.32 bits per heavy atom. The molecule has 19 heavy (non-hydrogen) atoms. The number of rotatable bonds is 7. The van der Waals surface area contributed by atoms with Crippen molar-refractivity contribution in [1.29, 1.82) is 0 Å². The third kappa shape index (κ3) is 5.18. The molecule has 0 saturated heterocycles. The standard InChI is InChI=1S/C12H18Cl2N2O2S/c1-3-6-15-8-9(2)19(17,18)16-12-7-10(13)4-5-11(12)14/h4-5,7,9,15-16H,3,6,8H2,1-2H3. The number of nitrogens with one attached hydrogen (secondary N) is 2. The van der Waals surface area contributed by atoms with Gasteiger partial charge in [-0.15, -0.1) is 0 Å². The van der Waals surface area contributed by atoms with Crippen molar-refractivity contribution in [3.63, 3.8) is 0 Å². The second kappa shape index (κ2) is 7.33. The van der Waals surface area contributed by atoms with Crippen LogP contribution in [0.1, 0.15) is 20.3 Å². The Kier molecular flexibility index (Phi) is 6.39. The zero-order chi connectivity index (χ0) is 14.5. The van der Waals surface area contributed by atoms with E-state index in [1.54, 1.807) is 19.1 Å². The summed E-state index contributed by atoms with van der Waals surface area (Å²) in [7, 11) is -3.49. The van der Waals surface area contributed by atoms with Gasteiger partial charge in [0, 0.05) is 11.6 Å². The molecule has 7 heteroatoms. The molecule has 0 aliphatic carbocycles. The fourth-order valence-electron chi connectivity index (χ4n) is 1.42. The predicted octanol–water partition coefficient (Wildman–Crippen LogP) is 3.12. The maximum absolute atomic E-state index is 12.1. The van der Waals surface area contributed by atoms with Crippen LogP contribution in [0.4, 0.5) is 5.69 Å². The summed E-state index contributed by atoms with van der Waals surface area (Å²) in [5.74, 6) is 0. The lowest BCUT2D eigenvalue weighted by Gasteiger charge is -2.16. The lowest BCUT2D eigenvalue weighted by molar-refractivity contribution is 0.576. The summed E-state index contributed by atoms with van der Waals surface area (Å²) < 4.78 is 26.7. The van der Waals surface area contributed by atoms with E-state index in [4.69, 9.17) is 23.2 Å². The van der Waals surface area contributed by atoms with Gasteiger partial charge in [-0.1, -0.05) is 30.1 Å². The van der Waals surface area contributed by atoms with Gasteiger partial charge in [0.2, 0.25) is 10.0 Å². The molecule has 1 rings (SSSR count). The van der Waals surface area contributed by atoms with E-state index in [2.05, 4.69) is 10.0 Å². The molecule has 4 nitrogen and oxygen atoms in total. The van der Waals surface area contributed by atoms with Gasteiger partial charge < -0.3 is 5.32 Å². The van der Waals surface area contributed by atoms with E-state index in [1.165, 1.54) is 6.07 Å². The van der Waals surface area contributed by atoms with Gasteiger partial charge in [-0.3, -0.25) is 4.72 Å². The Morgan fingerprint density at radius 2 is 2.00 bits per heavy atom. The smallest absolute Gasteiger partial charge is 0.236 e. The minimum absolute atomic E-state index is 0.302. The van der Waals surface area contributed by atoms with E-state index in [1.807, 2.05) is 6.92 Å². The highest BCUT2D eigenvalue weighted by molar-refractivity contribution is 7.93. The summed E-state index contributed by atoms with van der Waals surface area (Å²) in [6.45, 7) is 4.85. The van der Waals surface area contributed by atoms with E-state index < -0.39 is 15.3 Å². The predicted molar refractivity (Wildman–Crippen MR) is 81.6 cm³/mol. The van der Waals surface area contributed by atoms with E-state index in [9.17, 15) is 8.42 Å². The Bertz CT molecular complexity index is 520. The number of anilines is 1. The van der Waals surface area contributed by atoms with E-state index in [-0.39, 0.29) is 0 Å². The van der Waals surface area contributed by atoms with Crippen LogP contribution in [0.25, 0.3) is 0 Å². The molecule has 0 amide bonds. The van der Waals surface area contributed by atoms with Crippen molar-refractivity contribution in [2.75, 3.05) is 17.8 Å². The molecule has 0 radical (unpaired) electrons. The van der Waals surface area contributed by atoms with Crippen LogP contribution < -0.4 is 10.0 Å². The molecular formula is C12H18Cl2N2O2S. The summed E-state index contributed by atoms with van der Waals surface area (Å²) >= 11 is 11.8. The SMILES string of the molecule is CCCNCC(C)S(=O)(=O)Nc1cc(Cl)ccc1Cl. The molecule has 1 unspecified atom stereocenters. The minimum atomic E-state index is -3.49. The minimum Gasteiger partial charge on any atom is -0.315 e. The topological polar surface area (TPSA) is 58.2 Å². The van der Waals surface area contributed by atoms with Crippen LogP contribution >= 0.6 is 23.2 Å². The van der Waals surface area contributed by atoms with Crippen molar-refractivity contribution in [3.8, 4) is 0 Å². The van der Waals surface area contributed by atoms with Gasteiger partial charge in [0.05, 0.1) is 16.0 Å². The van der Waals surface area contributed by atoms with Crippen molar-refractivity contribution in [2.24, 2.45) is 0 Å². The van der Waals surface area contributed by atoms with E-state index in [0.29, 0.717) is 22.3 Å². The summed E-state index contributed by atoms with van der Waals surface area (Å²) in [6.07, 6.45) is 0.959. The van der Waals surface area contributed by atoms with Crippen LogP contribution in [0.5, 0.6) is 0 Å². The maximum atomic E-state index is 12.1. The second-order valence-corrected chi connectivity index (χ2v) is 7.23. The highest BCUT2D eigenvalue weighted by Gasteiger charge is 2.21. The summed E-state index contributed by atoms with van der Waals surface area (Å²) in [5.41, 5.74) is 0.302. The first-order valence-corrected chi connectivity index (χ1v) is 8.34. The Balaban J connectivity index is 2.75. The molecule has 0 bridgehead atoms. The summed E-state index contributed by atoms with van der Waals surface area (Å²) in [6, 6.07) is 4.66. The van der Waals surface area contributed by atoms with E-state index in [0.717, 1.165) is 13.0 Å². The van der Waals surface area contributed by atoms with Gasteiger partial charge in [-0.05, 0) is 38.1 Å². The van der Waals surface area contributed by atoms with Gasteiger partial charge in [0.15, 0.2) is 0 Å². The number of sulfonamides is 1. The van der Waals surface area contributed by atoms with Crippen LogP contribution in [0, 0.1) is 0 Å². The maximum Gasteiger partial charge on any atom is 0.236 e.